The van der Waals surface area contributed by atoms with Crippen LogP contribution in [0.4, 0.5) is 11.8 Å². The lowest BCUT2D eigenvalue weighted by Crippen LogP contribution is -2.13. The summed E-state index contributed by atoms with van der Waals surface area (Å²) in [7, 11) is 0. The van der Waals surface area contributed by atoms with Crippen LogP contribution < -0.4 is 16.6 Å². The molecule has 0 saturated carbocycles. The minimum Gasteiger partial charge on any atom is -0.369 e. The van der Waals surface area contributed by atoms with Gasteiger partial charge in [-0.15, -0.1) is 0 Å². The molecule has 1 rings (SSSR count). The van der Waals surface area contributed by atoms with Crippen molar-refractivity contribution in [3.8, 4) is 0 Å². The van der Waals surface area contributed by atoms with Crippen LogP contribution in [0.1, 0.15) is 13.3 Å². The monoisotopic (exact) mass is 305 g/mol. The molecule has 1 atom stereocenters. The molecule has 0 amide bonds. The van der Waals surface area contributed by atoms with Crippen molar-refractivity contribution in [3.63, 3.8) is 0 Å². The van der Waals surface area contributed by atoms with Gasteiger partial charge in [0.2, 0.25) is 5.95 Å². The van der Waals surface area contributed by atoms with E-state index in [0.29, 0.717) is 11.2 Å². The minimum atomic E-state index is 0.406. The van der Waals surface area contributed by atoms with Gasteiger partial charge in [-0.2, -0.15) is 16.7 Å². The van der Waals surface area contributed by atoms with Crippen LogP contribution in [-0.2, 0) is 0 Å². The van der Waals surface area contributed by atoms with E-state index in [9.17, 15) is 0 Å². The molecule has 90 valence electrons. The highest BCUT2D eigenvalue weighted by atomic mass is 79.9. The molecule has 1 unspecified atom stereocenters. The van der Waals surface area contributed by atoms with Gasteiger partial charge in [0.25, 0.3) is 0 Å². The molecule has 1 aromatic rings. The molecule has 5 nitrogen and oxygen atoms in total. The van der Waals surface area contributed by atoms with E-state index in [1.807, 2.05) is 11.8 Å². The third-order valence-electron chi connectivity index (χ3n) is 2.12. The number of nitrogen functional groups attached to an aromatic ring is 1. The summed E-state index contributed by atoms with van der Waals surface area (Å²) in [4.78, 5) is 8.18. The van der Waals surface area contributed by atoms with E-state index in [1.165, 1.54) is 0 Å². The van der Waals surface area contributed by atoms with Crippen molar-refractivity contribution >= 4 is 39.5 Å². The number of nitrogens with two attached hydrogens (primary N) is 1. The predicted octanol–water partition coefficient (Wildman–Crippen LogP) is 2.08. The molecular weight excluding hydrogens is 290 g/mol. The standard InChI is InChI=1S/C9H16BrN5S/c1-6(16-2)3-4-12-8-7(10)5-13-9(14-8)15-11/h5-6H,3-4,11H2,1-2H3,(H2,12,13,14,15). The van der Waals surface area contributed by atoms with Crippen LogP contribution in [0.15, 0.2) is 10.7 Å². The molecule has 0 saturated heterocycles. The average Bonchev–Trinajstić information content (AvgIpc) is 2.31. The van der Waals surface area contributed by atoms with Crippen LogP contribution in [0.25, 0.3) is 0 Å². The molecule has 0 aliphatic rings. The number of hydrogen-bond donors (Lipinski definition) is 3. The molecule has 1 aromatic heterocycles. The van der Waals surface area contributed by atoms with Crippen LogP contribution >= 0.6 is 27.7 Å². The van der Waals surface area contributed by atoms with Gasteiger partial charge in [0.05, 0.1) is 4.47 Å². The molecule has 0 aliphatic carbocycles. The number of nitrogens with zero attached hydrogens (tertiary/aromatic N) is 2. The number of hydrogen-bond acceptors (Lipinski definition) is 6. The molecule has 7 heteroatoms. The van der Waals surface area contributed by atoms with Gasteiger partial charge in [0.15, 0.2) is 0 Å². The van der Waals surface area contributed by atoms with Gasteiger partial charge in [-0.1, -0.05) is 6.92 Å². The van der Waals surface area contributed by atoms with Crippen molar-refractivity contribution in [2.75, 3.05) is 23.5 Å². The Morgan fingerprint density at radius 1 is 1.62 bits per heavy atom. The highest BCUT2D eigenvalue weighted by Crippen LogP contribution is 2.20. The van der Waals surface area contributed by atoms with Crippen LogP contribution in [-0.4, -0.2) is 28.0 Å². The normalized spacial score (nSPS) is 12.2. The smallest absolute Gasteiger partial charge is 0.239 e. The SMILES string of the molecule is CSC(C)CCNc1nc(NN)ncc1Br. The average molecular weight is 306 g/mol. The second kappa shape index (κ2) is 6.93. The van der Waals surface area contributed by atoms with E-state index in [2.05, 4.69) is 49.8 Å². The Labute approximate surface area is 108 Å². The van der Waals surface area contributed by atoms with E-state index in [0.717, 1.165) is 23.3 Å². The number of aromatic nitrogens is 2. The lowest BCUT2D eigenvalue weighted by atomic mass is 10.3. The van der Waals surface area contributed by atoms with E-state index >= 15 is 0 Å². The summed E-state index contributed by atoms with van der Waals surface area (Å²) >= 11 is 5.24. The quantitative estimate of drug-likeness (QED) is 0.552. The third kappa shape index (κ3) is 4.15. The Bertz CT molecular complexity index is 336. The molecule has 0 bridgehead atoms. The molecule has 0 fully saturated rings. The number of thioether (sulfide) groups is 1. The van der Waals surface area contributed by atoms with Gasteiger partial charge >= 0.3 is 0 Å². The molecule has 0 aromatic carbocycles. The zero-order valence-corrected chi connectivity index (χ0v) is 11.7. The zero-order valence-electron chi connectivity index (χ0n) is 9.33. The molecule has 1 heterocycles. The molecule has 0 spiro atoms. The zero-order chi connectivity index (χ0) is 12.0. The maximum atomic E-state index is 5.25. The van der Waals surface area contributed by atoms with E-state index in [1.54, 1.807) is 6.20 Å². The Morgan fingerprint density at radius 3 is 3.00 bits per heavy atom. The second-order valence-electron chi connectivity index (χ2n) is 3.30. The Morgan fingerprint density at radius 2 is 2.38 bits per heavy atom. The van der Waals surface area contributed by atoms with Crippen LogP contribution in [0.5, 0.6) is 0 Å². The molecule has 0 radical (unpaired) electrons. The third-order valence-corrected chi connectivity index (χ3v) is 3.74. The highest BCUT2D eigenvalue weighted by molar-refractivity contribution is 9.10. The number of anilines is 2. The Balaban J connectivity index is 2.52. The Hall–Kier alpha value is -0.530. The van der Waals surface area contributed by atoms with E-state index < -0.39 is 0 Å². The first-order valence-corrected chi connectivity index (χ1v) is 7.01. The summed E-state index contributed by atoms with van der Waals surface area (Å²) in [6.07, 6.45) is 4.87. The summed E-state index contributed by atoms with van der Waals surface area (Å²) in [6, 6.07) is 0. The van der Waals surface area contributed by atoms with Crippen molar-refractivity contribution in [2.45, 2.75) is 18.6 Å². The molecular formula is C9H16BrN5S. The van der Waals surface area contributed by atoms with Crippen molar-refractivity contribution in [3.05, 3.63) is 10.7 Å². The van der Waals surface area contributed by atoms with Crippen LogP contribution in [0.3, 0.4) is 0 Å². The van der Waals surface area contributed by atoms with Gasteiger partial charge in [-0.05, 0) is 28.6 Å². The lowest BCUT2D eigenvalue weighted by Gasteiger charge is -2.11. The number of rotatable bonds is 6. The summed E-state index contributed by atoms with van der Waals surface area (Å²) in [5.41, 5.74) is 2.42. The van der Waals surface area contributed by atoms with Crippen LogP contribution in [0, 0.1) is 0 Å². The van der Waals surface area contributed by atoms with Gasteiger partial charge in [-0.25, -0.2) is 10.8 Å². The predicted molar refractivity (Wildman–Crippen MR) is 73.6 cm³/mol. The van der Waals surface area contributed by atoms with Crippen molar-refractivity contribution in [1.29, 1.82) is 0 Å². The van der Waals surface area contributed by atoms with Crippen LogP contribution in [0.2, 0.25) is 0 Å². The highest BCUT2D eigenvalue weighted by Gasteiger charge is 2.04. The maximum Gasteiger partial charge on any atom is 0.239 e. The van der Waals surface area contributed by atoms with Gasteiger partial charge in [0, 0.05) is 18.0 Å². The van der Waals surface area contributed by atoms with E-state index in [4.69, 9.17) is 5.84 Å². The summed E-state index contributed by atoms with van der Waals surface area (Å²) in [6.45, 7) is 3.08. The van der Waals surface area contributed by atoms with Gasteiger partial charge in [0.1, 0.15) is 5.82 Å². The van der Waals surface area contributed by atoms with Gasteiger partial charge < -0.3 is 5.32 Å². The topological polar surface area (TPSA) is 75.9 Å². The summed E-state index contributed by atoms with van der Waals surface area (Å²) < 4.78 is 0.836. The Kier molecular flexibility index (Phi) is 5.86. The lowest BCUT2D eigenvalue weighted by molar-refractivity contribution is 0.848. The van der Waals surface area contributed by atoms with Crippen molar-refractivity contribution in [2.24, 2.45) is 5.84 Å². The first-order chi connectivity index (χ1) is 7.67. The van der Waals surface area contributed by atoms with Crippen molar-refractivity contribution in [1.82, 2.24) is 9.97 Å². The fourth-order valence-corrected chi connectivity index (χ4v) is 1.76. The fourth-order valence-electron chi connectivity index (χ4n) is 1.07. The number of nitrogens with one attached hydrogen (secondary N) is 2. The fraction of sp³-hybridized carbons (Fsp3) is 0.556. The minimum absolute atomic E-state index is 0.406. The van der Waals surface area contributed by atoms with E-state index in [-0.39, 0.29) is 0 Å². The largest absolute Gasteiger partial charge is 0.369 e. The molecule has 0 aliphatic heterocycles. The summed E-state index contributed by atoms with van der Waals surface area (Å²) in [5, 5.41) is 3.89. The first-order valence-electron chi connectivity index (χ1n) is 4.93. The number of hydrazine groups is 1. The second-order valence-corrected chi connectivity index (χ2v) is 5.43. The molecule has 4 N–H and O–H groups in total. The molecule has 16 heavy (non-hydrogen) atoms. The number of halogens is 1. The van der Waals surface area contributed by atoms with Gasteiger partial charge in [-0.3, -0.25) is 5.43 Å². The maximum absolute atomic E-state index is 5.25. The van der Waals surface area contributed by atoms with Crippen molar-refractivity contribution < 1.29 is 0 Å². The first kappa shape index (κ1) is 13.5. The summed E-state index contributed by atoms with van der Waals surface area (Å²) in [5.74, 6) is 6.41.